The summed E-state index contributed by atoms with van der Waals surface area (Å²) in [5, 5.41) is 0. The van der Waals surface area contributed by atoms with Gasteiger partial charge in [0.1, 0.15) is 0 Å². The number of hydrogen-bond acceptors (Lipinski definition) is 4. The maximum Gasteiger partial charge on any atom is 2.00 e. The molecule has 40 valence electrons. The van der Waals surface area contributed by atoms with Crippen LogP contribution in [0.5, 0.6) is 0 Å². The molecule has 0 aliphatic carbocycles. The Morgan fingerprint density at radius 2 is 1.14 bits per heavy atom. The van der Waals surface area contributed by atoms with Gasteiger partial charge in [0.2, 0.25) is 0 Å². The van der Waals surface area contributed by atoms with Gasteiger partial charge in [0.25, 0.3) is 0 Å². The van der Waals surface area contributed by atoms with Crippen LogP contribution in [0.25, 0.3) is 0 Å². The first kappa shape index (κ1) is 15.7. The van der Waals surface area contributed by atoms with Crippen LogP contribution in [0.3, 0.4) is 0 Å². The van der Waals surface area contributed by atoms with Gasteiger partial charge in [0, 0.05) is 10.4 Å². The number of hydrogen-bond donors (Lipinski definition) is 0. The molecule has 1 unspecified atom stereocenters. The van der Waals surface area contributed by atoms with E-state index in [4.69, 9.17) is 17.5 Å². The van der Waals surface area contributed by atoms with Crippen LogP contribution in [0.15, 0.2) is 0 Å². The molecule has 0 spiro atoms. The second-order valence-corrected chi connectivity index (χ2v) is 1.22. The van der Waals surface area contributed by atoms with Crippen molar-refractivity contribution in [1.29, 1.82) is 0 Å². The number of rotatable bonds is 0. The summed E-state index contributed by atoms with van der Waals surface area (Å²) in [5.74, 6) is 0. The Kier molecular flexibility index (Phi) is 11.3. The summed E-state index contributed by atoms with van der Waals surface area (Å²) in [7, 11) is -5.17. The van der Waals surface area contributed by atoms with Gasteiger partial charge < -0.3 is 9.11 Å². The second-order valence-electron chi connectivity index (χ2n) is 0.408. The first-order valence-corrected chi connectivity index (χ1v) is 2.00. The molecule has 0 aromatic carbocycles. The van der Waals surface area contributed by atoms with Gasteiger partial charge in [0.05, 0.1) is 0 Å². The van der Waals surface area contributed by atoms with Crippen molar-refractivity contribution in [3.8, 4) is 0 Å². The van der Waals surface area contributed by atoms with E-state index in [9.17, 15) is 0 Å². The molecule has 0 N–H and O–H groups in total. The molecule has 0 heterocycles. The summed E-state index contributed by atoms with van der Waals surface area (Å²) >= 11 is 0. The molecule has 0 aliphatic rings. The summed E-state index contributed by atoms with van der Waals surface area (Å²) in [4.78, 5) is 0. The van der Waals surface area contributed by atoms with Crippen molar-refractivity contribution in [1.82, 2.24) is 0 Å². The Morgan fingerprint density at radius 3 is 1.14 bits per heavy atom. The van der Waals surface area contributed by atoms with Gasteiger partial charge in [0.15, 0.2) is 0 Å². The second kappa shape index (κ2) is 5.07. The fraction of sp³-hybridized carbons (Fsp3) is 0. The van der Waals surface area contributed by atoms with Crippen LogP contribution in [-0.4, -0.2) is 17.5 Å². The van der Waals surface area contributed by atoms with Crippen LogP contribution in [-0.2, 0) is 29.9 Å². The van der Waals surface area contributed by atoms with E-state index in [0.717, 1.165) is 0 Å². The molecule has 0 rings (SSSR count). The molecular formula is H3O4PSZn. The zero-order chi connectivity index (χ0) is 4.50. The first-order chi connectivity index (χ1) is 2.00. The molecule has 7 heteroatoms. The van der Waals surface area contributed by atoms with Gasteiger partial charge in [-0.1, -0.05) is 0 Å². The van der Waals surface area contributed by atoms with E-state index in [1.165, 1.54) is 0 Å². The summed E-state index contributed by atoms with van der Waals surface area (Å²) in [6.45, 7) is 0. The Balaban J connectivity index is -0.0000000800. The summed E-state index contributed by atoms with van der Waals surface area (Å²) in [6, 6.07) is 0. The van der Waals surface area contributed by atoms with Gasteiger partial charge in [-0.25, -0.2) is 0 Å². The molecule has 0 saturated carbocycles. The van der Waals surface area contributed by atoms with Crippen molar-refractivity contribution >= 4 is 20.3 Å². The molecule has 7 heavy (non-hydrogen) atoms. The molecule has 0 bridgehead atoms. The zero-order valence-electron chi connectivity index (χ0n) is 3.46. The SMILES string of the molecule is O=S(=O)([O-])[O-].P.[Zn+2]. The minimum Gasteiger partial charge on any atom is -0.759 e. The third-order valence-electron chi connectivity index (χ3n) is 0. The average Bonchev–Trinajstić information content (AvgIpc) is 0.722. The van der Waals surface area contributed by atoms with Gasteiger partial charge in [-0.15, -0.1) is 0 Å². The molecule has 4 nitrogen and oxygen atoms in total. The van der Waals surface area contributed by atoms with E-state index < -0.39 is 10.4 Å². The maximum atomic E-state index is 8.52. The zero-order valence-corrected chi connectivity index (χ0v) is 8.65. The Morgan fingerprint density at radius 1 is 1.14 bits per heavy atom. The topological polar surface area (TPSA) is 80.3 Å². The quantitative estimate of drug-likeness (QED) is 0.209. The van der Waals surface area contributed by atoms with Gasteiger partial charge >= 0.3 is 19.5 Å². The van der Waals surface area contributed by atoms with E-state index in [1.54, 1.807) is 0 Å². The van der Waals surface area contributed by atoms with Crippen LogP contribution in [0.4, 0.5) is 0 Å². The molecule has 0 aromatic rings. The third-order valence-corrected chi connectivity index (χ3v) is 0. The molecule has 0 aliphatic heterocycles. The maximum absolute atomic E-state index is 8.52. The molecule has 1 atom stereocenters. The van der Waals surface area contributed by atoms with Crippen LogP contribution in [0.2, 0.25) is 0 Å². The van der Waals surface area contributed by atoms with Crippen molar-refractivity contribution in [3.63, 3.8) is 0 Å². The monoisotopic (exact) mass is 194 g/mol. The van der Waals surface area contributed by atoms with E-state index in [1.807, 2.05) is 0 Å². The van der Waals surface area contributed by atoms with Gasteiger partial charge in [-0.05, 0) is 0 Å². The van der Waals surface area contributed by atoms with Crippen molar-refractivity contribution in [3.05, 3.63) is 0 Å². The average molecular weight is 195 g/mol. The molecule has 0 amide bonds. The smallest absolute Gasteiger partial charge is 0.759 e. The fourth-order valence-corrected chi connectivity index (χ4v) is 0. The van der Waals surface area contributed by atoms with Crippen molar-refractivity contribution in [2.24, 2.45) is 0 Å². The Bertz CT molecular complexity index is 94.9. The predicted octanol–water partition coefficient (Wildman–Crippen LogP) is -1.28. The molecule has 0 radical (unpaired) electrons. The van der Waals surface area contributed by atoms with Crippen LogP contribution < -0.4 is 0 Å². The summed E-state index contributed by atoms with van der Waals surface area (Å²) in [5.41, 5.74) is 0. The summed E-state index contributed by atoms with van der Waals surface area (Å²) in [6.07, 6.45) is 0. The van der Waals surface area contributed by atoms with E-state index in [-0.39, 0.29) is 29.4 Å². The third kappa shape index (κ3) is 197. The van der Waals surface area contributed by atoms with Crippen LogP contribution >= 0.6 is 9.90 Å². The van der Waals surface area contributed by atoms with E-state index in [2.05, 4.69) is 0 Å². The molecule has 0 fully saturated rings. The molecule has 0 saturated heterocycles. The van der Waals surface area contributed by atoms with E-state index in [0.29, 0.717) is 0 Å². The predicted molar refractivity (Wildman–Crippen MR) is 21.6 cm³/mol. The van der Waals surface area contributed by atoms with Crippen molar-refractivity contribution in [2.45, 2.75) is 0 Å². The fourth-order valence-electron chi connectivity index (χ4n) is 0. The minimum atomic E-state index is -5.17. The standard InChI is InChI=1S/H2O4S.H3P.Zn/c1-5(2,3)4;;/h(H2,1,2,3,4);1H3;/q;;+2/p-2. The Labute approximate surface area is 57.6 Å². The van der Waals surface area contributed by atoms with Crippen LogP contribution in [0, 0.1) is 0 Å². The van der Waals surface area contributed by atoms with E-state index >= 15 is 0 Å². The normalized spacial score (nSPS) is 8.29. The van der Waals surface area contributed by atoms with Crippen LogP contribution in [0.1, 0.15) is 0 Å². The Hall–Kier alpha value is 0.923. The molecule has 0 aromatic heterocycles. The van der Waals surface area contributed by atoms with Gasteiger partial charge in [-0.2, -0.15) is 9.90 Å². The minimum absolute atomic E-state index is 0. The van der Waals surface area contributed by atoms with Gasteiger partial charge in [-0.3, -0.25) is 8.42 Å². The van der Waals surface area contributed by atoms with Crippen molar-refractivity contribution in [2.75, 3.05) is 0 Å². The van der Waals surface area contributed by atoms with Crippen molar-refractivity contribution < 1.29 is 37.0 Å². The summed E-state index contributed by atoms with van der Waals surface area (Å²) < 4.78 is 34.1. The largest absolute Gasteiger partial charge is 2.00 e. The molecular weight excluding hydrogens is 192 g/mol. The first-order valence-electron chi connectivity index (χ1n) is 0.667.